The van der Waals surface area contributed by atoms with Crippen LogP contribution < -0.4 is 25.7 Å². The van der Waals surface area contributed by atoms with E-state index in [1.165, 1.54) is 16.7 Å². The summed E-state index contributed by atoms with van der Waals surface area (Å²) in [5, 5.41) is 6.56. The molecule has 212 valence electrons. The molecule has 1 amide bonds. The van der Waals surface area contributed by atoms with Crippen LogP contribution in [0.15, 0.2) is 83.8 Å². The number of amides is 1. The maximum atomic E-state index is 13.5. The van der Waals surface area contributed by atoms with Gasteiger partial charge in [0, 0.05) is 53.3 Å². The number of benzene rings is 3. The summed E-state index contributed by atoms with van der Waals surface area (Å²) in [6.45, 7) is 2.00. The third kappa shape index (κ3) is 5.12. The Bertz CT molecular complexity index is 1940. The van der Waals surface area contributed by atoms with Crippen LogP contribution in [0.4, 0.5) is 30.4 Å². The van der Waals surface area contributed by atoms with Crippen molar-refractivity contribution in [3.63, 3.8) is 0 Å². The Labute approximate surface area is 237 Å². The molecule has 0 saturated carbocycles. The molecule has 8 nitrogen and oxygen atoms in total. The molecule has 42 heavy (non-hydrogen) atoms. The van der Waals surface area contributed by atoms with Gasteiger partial charge in [0.15, 0.2) is 11.5 Å². The van der Waals surface area contributed by atoms with Crippen LogP contribution in [0, 0.1) is 6.92 Å². The van der Waals surface area contributed by atoms with Gasteiger partial charge in [0.25, 0.3) is 11.5 Å². The molecule has 1 aliphatic rings. The highest BCUT2D eigenvalue weighted by Gasteiger charge is 2.31. The summed E-state index contributed by atoms with van der Waals surface area (Å²) in [7, 11) is 1.66. The van der Waals surface area contributed by atoms with Crippen molar-refractivity contribution in [2.24, 2.45) is 7.05 Å². The monoisotopic (exact) mass is 572 g/mol. The predicted molar refractivity (Wildman–Crippen MR) is 152 cm³/mol. The van der Waals surface area contributed by atoms with E-state index in [-0.39, 0.29) is 17.9 Å². The first-order valence-corrected chi connectivity index (χ1v) is 12.8. The maximum absolute atomic E-state index is 13.5. The van der Waals surface area contributed by atoms with E-state index in [4.69, 9.17) is 9.47 Å². The third-order valence-corrected chi connectivity index (χ3v) is 6.99. The van der Waals surface area contributed by atoms with Crippen LogP contribution in [0.3, 0.4) is 0 Å². The van der Waals surface area contributed by atoms with Crippen LogP contribution in [-0.2, 0) is 13.2 Å². The fourth-order valence-electron chi connectivity index (χ4n) is 4.78. The van der Waals surface area contributed by atoms with E-state index in [1.54, 1.807) is 55.7 Å². The molecule has 0 atom stereocenters. The molecule has 2 aromatic heterocycles. The van der Waals surface area contributed by atoms with Crippen LogP contribution in [0.1, 0.15) is 21.5 Å². The van der Waals surface area contributed by atoms with Crippen molar-refractivity contribution in [1.82, 2.24) is 9.55 Å². The summed E-state index contributed by atoms with van der Waals surface area (Å²) < 4.78 is 51.6. The smallest absolute Gasteiger partial charge is 0.416 e. The Morgan fingerprint density at radius 3 is 2.52 bits per heavy atom. The first-order chi connectivity index (χ1) is 20.1. The Kier molecular flexibility index (Phi) is 6.56. The number of ether oxygens (including phenoxy) is 2. The second-order valence-electron chi connectivity index (χ2n) is 9.81. The number of nitrogens with one attached hydrogen (secondary N) is 2. The summed E-state index contributed by atoms with van der Waals surface area (Å²) in [4.78, 5) is 30.8. The molecule has 1 aliphatic heterocycles. The third-order valence-electron chi connectivity index (χ3n) is 6.99. The number of aromatic nitrogens is 2. The molecular formula is C31H23F3N4O4. The number of nitrogens with zero attached hydrogens (tertiary/aromatic N) is 2. The van der Waals surface area contributed by atoms with Gasteiger partial charge in [-0.25, -0.2) is 4.98 Å². The molecule has 5 aromatic rings. The van der Waals surface area contributed by atoms with Gasteiger partial charge in [-0.15, -0.1) is 0 Å². The Balaban J connectivity index is 1.30. The molecule has 0 saturated heterocycles. The predicted octanol–water partition coefficient (Wildman–Crippen LogP) is 6.65. The van der Waals surface area contributed by atoms with Gasteiger partial charge in [-0.3, -0.25) is 9.59 Å². The maximum Gasteiger partial charge on any atom is 0.416 e. The molecule has 0 bridgehead atoms. The standard InChI is InChI=1S/C31H23F3N4O4/c1-17-6-7-21(37-29(39)18-4-3-5-20(10-18)31(32,33)34)12-23(17)24-11-19-15-35-28(14-25(19)38(2)30(24)40)36-22-8-9-26-27(13-22)42-16-41-26/h3-15H,16H2,1-2H3,(H,35,36)(H,37,39). The zero-order valence-electron chi connectivity index (χ0n) is 22.4. The van der Waals surface area contributed by atoms with Gasteiger partial charge in [0.05, 0.1) is 11.1 Å². The van der Waals surface area contributed by atoms with Crippen molar-refractivity contribution >= 4 is 34.0 Å². The van der Waals surface area contributed by atoms with Crippen molar-refractivity contribution < 1.29 is 27.4 Å². The number of fused-ring (bicyclic) bond motifs is 2. The highest BCUT2D eigenvalue weighted by molar-refractivity contribution is 6.04. The van der Waals surface area contributed by atoms with Crippen molar-refractivity contribution in [2.45, 2.75) is 13.1 Å². The van der Waals surface area contributed by atoms with Gasteiger partial charge < -0.3 is 24.7 Å². The Morgan fingerprint density at radius 2 is 1.71 bits per heavy atom. The summed E-state index contributed by atoms with van der Waals surface area (Å²) in [6.07, 6.45) is -2.91. The SMILES string of the molecule is Cc1ccc(NC(=O)c2cccc(C(F)(F)F)c2)cc1-c1cc2cnc(Nc3ccc4c(c3)OCO4)cc2n(C)c1=O. The Morgan fingerprint density at radius 1 is 0.929 bits per heavy atom. The summed E-state index contributed by atoms with van der Waals surface area (Å²) in [5.41, 5.74) is 2.14. The van der Waals surface area contributed by atoms with Crippen LogP contribution in [0.5, 0.6) is 11.5 Å². The van der Waals surface area contributed by atoms with Gasteiger partial charge in [-0.1, -0.05) is 12.1 Å². The number of carbonyl (C=O) groups is 1. The topological polar surface area (TPSA) is 94.5 Å². The number of carbonyl (C=O) groups excluding carboxylic acids is 1. The summed E-state index contributed by atoms with van der Waals surface area (Å²) in [5.74, 6) is 1.12. The number of pyridine rings is 2. The van der Waals surface area contributed by atoms with Gasteiger partial charge in [0.1, 0.15) is 5.82 Å². The summed E-state index contributed by atoms with van der Waals surface area (Å²) >= 11 is 0. The van der Waals surface area contributed by atoms with Crippen molar-refractivity contribution in [1.29, 1.82) is 0 Å². The van der Waals surface area contributed by atoms with Gasteiger partial charge >= 0.3 is 6.18 Å². The van der Waals surface area contributed by atoms with Crippen LogP contribution in [0.2, 0.25) is 0 Å². The largest absolute Gasteiger partial charge is 0.454 e. The highest BCUT2D eigenvalue weighted by atomic mass is 19.4. The van der Waals surface area contributed by atoms with Crippen molar-refractivity contribution in [2.75, 3.05) is 17.4 Å². The molecule has 11 heteroatoms. The quantitative estimate of drug-likeness (QED) is 0.245. The second-order valence-corrected chi connectivity index (χ2v) is 9.81. The van der Waals surface area contributed by atoms with Crippen LogP contribution in [-0.4, -0.2) is 22.3 Å². The number of alkyl halides is 3. The molecule has 0 radical (unpaired) electrons. The average Bonchev–Trinajstić information content (AvgIpc) is 3.44. The van der Waals surface area contributed by atoms with E-state index in [2.05, 4.69) is 15.6 Å². The van der Waals surface area contributed by atoms with E-state index in [0.29, 0.717) is 45.0 Å². The minimum Gasteiger partial charge on any atom is -0.454 e. The van der Waals surface area contributed by atoms with E-state index in [1.807, 2.05) is 13.0 Å². The average molecular weight is 573 g/mol. The second kappa shape index (κ2) is 10.3. The zero-order valence-corrected chi connectivity index (χ0v) is 22.4. The van der Waals surface area contributed by atoms with Gasteiger partial charge in [-0.05, 0) is 66.6 Å². The first-order valence-electron chi connectivity index (χ1n) is 12.8. The lowest BCUT2D eigenvalue weighted by Gasteiger charge is -2.14. The lowest BCUT2D eigenvalue weighted by Crippen LogP contribution is -2.19. The van der Waals surface area contributed by atoms with Crippen molar-refractivity contribution in [3.8, 4) is 22.6 Å². The van der Waals surface area contributed by atoms with E-state index in [9.17, 15) is 22.8 Å². The minimum absolute atomic E-state index is 0.134. The number of aryl methyl sites for hydroxylation is 2. The molecule has 0 spiro atoms. The van der Waals surface area contributed by atoms with Gasteiger partial charge in [-0.2, -0.15) is 13.2 Å². The van der Waals surface area contributed by atoms with Crippen molar-refractivity contribution in [3.05, 3.63) is 106 Å². The van der Waals surface area contributed by atoms with Crippen LogP contribution in [0.25, 0.3) is 22.0 Å². The number of halogens is 3. The van der Waals surface area contributed by atoms with Gasteiger partial charge in [0.2, 0.25) is 6.79 Å². The number of anilines is 3. The highest BCUT2D eigenvalue weighted by Crippen LogP contribution is 2.35. The van der Waals surface area contributed by atoms with Crippen LogP contribution >= 0.6 is 0 Å². The molecule has 0 unspecified atom stereocenters. The molecule has 2 N–H and O–H groups in total. The number of hydrogen-bond acceptors (Lipinski definition) is 6. The van der Waals surface area contributed by atoms with E-state index in [0.717, 1.165) is 23.4 Å². The Hall–Kier alpha value is -5.32. The molecule has 6 rings (SSSR count). The fraction of sp³-hybridized carbons (Fsp3) is 0.129. The molecule has 0 fully saturated rings. The normalized spacial score (nSPS) is 12.4. The molecular weight excluding hydrogens is 549 g/mol. The lowest BCUT2D eigenvalue weighted by atomic mass is 9.99. The lowest BCUT2D eigenvalue weighted by molar-refractivity contribution is -0.137. The zero-order chi connectivity index (χ0) is 29.6. The molecule has 3 heterocycles. The molecule has 0 aliphatic carbocycles. The first kappa shape index (κ1) is 26.9. The fourth-order valence-corrected chi connectivity index (χ4v) is 4.78. The number of rotatable bonds is 5. The van der Waals surface area contributed by atoms with E-state index < -0.39 is 17.6 Å². The summed E-state index contributed by atoms with van der Waals surface area (Å²) in [6, 6.07) is 18.1. The van der Waals surface area contributed by atoms with E-state index >= 15 is 0 Å². The number of hydrogen-bond donors (Lipinski definition) is 2. The molecule has 3 aromatic carbocycles. The minimum atomic E-state index is -4.57.